The first kappa shape index (κ1) is 25.8. The van der Waals surface area contributed by atoms with E-state index >= 15 is 0 Å². The predicted molar refractivity (Wildman–Crippen MR) is 137 cm³/mol. The Morgan fingerprint density at radius 1 is 1.03 bits per heavy atom. The second kappa shape index (κ2) is 11.6. The van der Waals surface area contributed by atoms with E-state index in [2.05, 4.69) is 22.6 Å². The second-order valence-electron chi connectivity index (χ2n) is 8.59. The molecule has 0 spiro atoms. The molecule has 0 unspecified atom stereocenters. The highest BCUT2D eigenvalue weighted by atomic mass is 19.1. The van der Waals surface area contributed by atoms with Gasteiger partial charge in [0.25, 0.3) is 5.91 Å². The molecule has 0 aliphatic rings. The van der Waals surface area contributed by atoms with Crippen molar-refractivity contribution in [2.24, 2.45) is 0 Å². The van der Waals surface area contributed by atoms with Crippen LogP contribution in [-0.2, 0) is 16.1 Å². The van der Waals surface area contributed by atoms with E-state index in [0.717, 1.165) is 27.8 Å². The van der Waals surface area contributed by atoms with Crippen molar-refractivity contribution in [3.63, 3.8) is 0 Å². The molecule has 0 atom stereocenters. The molecular weight excluding hydrogens is 475 g/mol. The smallest absolute Gasteiger partial charge is 0.303 e. The van der Waals surface area contributed by atoms with E-state index < -0.39 is 17.7 Å². The average Bonchev–Trinajstić information content (AvgIpc) is 3.38. The molecule has 0 radical (unpaired) electrons. The molecule has 0 aliphatic carbocycles. The summed E-state index contributed by atoms with van der Waals surface area (Å²) < 4.78 is 25.9. The molecule has 7 nitrogen and oxygen atoms in total. The maximum absolute atomic E-state index is 14.7. The van der Waals surface area contributed by atoms with Crippen LogP contribution in [0.4, 0.5) is 4.39 Å². The normalized spacial score (nSPS) is 10.9. The number of aliphatic carboxylic acids is 1. The van der Waals surface area contributed by atoms with Crippen LogP contribution in [0.3, 0.4) is 0 Å². The maximum Gasteiger partial charge on any atom is 0.303 e. The Hall–Kier alpha value is -4.30. The molecule has 0 aliphatic heterocycles. The molecule has 4 rings (SSSR count). The summed E-state index contributed by atoms with van der Waals surface area (Å²) in [6.07, 6.45) is 0.191. The molecule has 0 bridgehead atoms. The van der Waals surface area contributed by atoms with Crippen molar-refractivity contribution in [3.8, 4) is 33.7 Å². The van der Waals surface area contributed by atoms with Gasteiger partial charge in [-0.1, -0.05) is 53.7 Å². The van der Waals surface area contributed by atoms with Crippen molar-refractivity contribution in [3.05, 3.63) is 89.2 Å². The number of methoxy groups -OCH3 is 1. The quantitative estimate of drug-likeness (QED) is 0.263. The Morgan fingerprint density at radius 3 is 2.49 bits per heavy atom. The Balaban J connectivity index is 1.58. The molecule has 1 heterocycles. The molecule has 37 heavy (non-hydrogen) atoms. The molecular formula is C29H27FN2O5. The number of rotatable bonds is 10. The number of nitrogens with one attached hydrogen (secondary N) is 1. The van der Waals surface area contributed by atoms with E-state index in [0.29, 0.717) is 23.6 Å². The fourth-order valence-corrected chi connectivity index (χ4v) is 4.18. The average molecular weight is 503 g/mol. The van der Waals surface area contributed by atoms with Crippen LogP contribution in [0.1, 0.15) is 34.3 Å². The summed E-state index contributed by atoms with van der Waals surface area (Å²) in [6.45, 7) is 2.56. The fraction of sp³-hybridized carbons (Fsp3) is 0.207. The summed E-state index contributed by atoms with van der Waals surface area (Å²) in [6, 6.07) is 20.0. The molecule has 3 aromatic carbocycles. The van der Waals surface area contributed by atoms with Gasteiger partial charge in [-0.2, -0.15) is 0 Å². The molecule has 1 amide bonds. The van der Waals surface area contributed by atoms with Gasteiger partial charge in [0.2, 0.25) is 0 Å². The van der Waals surface area contributed by atoms with Gasteiger partial charge in [0.15, 0.2) is 5.76 Å². The minimum absolute atomic E-state index is 0.0726. The minimum Gasteiger partial charge on any atom is -0.481 e. The van der Waals surface area contributed by atoms with Crippen molar-refractivity contribution in [1.29, 1.82) is 0 Å². The lowest BCUT2D eigenvalue weighted by atomic mass is 9.92. The number of carboxylic acids is 1. The first-order valence-electron chi connectivity index (χ1n) is 11.8. The van der Waals surface area contributed by atoms with Gasteiger partial charge >= 0.3 is 5.97 Å². The van der Waals surface area contributed by atoms with Gasteiger partial charge < -0.3 is 19.7 Å². The topological polar surface area (TPSA) is 102 Å². The Kier molecular flexibility index (Phi) is 8.10. The summed E-state index contributed by atoms with van der Waals surface area (Å²) in [5.41, 5.74) is 5.81. The third-order valence-electron chi connectivity index (χ3n) is 6.11. The van der Waals surface area contributed by atoms with Gasteiger partial charge in [0.1, 0.15) is 11.5 Å². The van der Waals surface area contributed by atoms with Crippen molar-refractivity contribution >= 4 is 11.9 Å². The standard InChI is InChI=1S/C29H27FN2O5/c1-18-21(19-7-4-3-5-8-19)12-13-22(24(18)17-36-2)27-16-26(32-37-27)20-10-11-23(25(30)15-20)29(35)31-14-6-9-28(33)34/h3-5,7-8,10-13,15-16H,6,9,14,17H2,1-2H3,(H,31,35)(H,33,34). The maximum atomic E-state index is 14.7. The summed E-state index contributed by atoms with van der Waals surface area (Å²) in [5.74, 6) is -1.74. The summed E-state index contributed by atoms with van der Waals surface area (Å²) in [7, 11) is 1.64. The van der Waals surface area contributed by atoms with Gasteiger partial charge in [-0.05, 0) is 47.7 Å². The van der Waals surface area contributed by atoms with Crippen LogP contribution in [0.15, 0.2) is 71.3 Å². The van der Waals surface area contributed by atoms with Crippen molar-refractivity contribution < 1.29 is 28.3 Å². The number of carbonyl (C=O) groups excluding carboxylic acids is 1. The molecule has 0 saturated carbocycles. The zero-order valence-electron chi connectivity index (χ0n) is 20.6. The molecule has 0 saturated heterocycles. The molecule has 190 valence electrons. The first-order valence-corrected chi connectivity index (χ1v) is 11.8. The highest BCUT2D eigenvalue weighted by Gasteiger charge is 2.18. The number of aromatic nitrogens is 1. The monoisotopic (exact) mass is 502 g/mol. The lowest BCUT2D eigenvalue weighted by Gasteiger charge is -2.15. The van der Waals surface area contributed by atoms with E-state index in [1.54, 1.807) is 19.2 Å². The van der Waals surface area contributed by atoms with Crippen molar-refractivity contribution in [2.75, 3.05) is 13.7 Å². The van der Waals surface area contributed by atoms with Crippen LogP contribution >= 0.6 is 0 Å². The van der Waals surface area contributed by atoms with Gasteiger partial charge in [0.05, 0.1) is 12.2 Å². The molecule has 8 heteroatoms. The highest BCUT2D eigenvalue weighted by molar-refractivity contribution is 5.95. The summed E-state index contributed by atoms with van der Waals surface area (Å²) >= 11 is 0. The van der Waals surface area contributed by atoms with Gasteiger partial charge in [-0.15, -0.1) is 0 Å². The zero-order chi connectivity index (χ0) is 26.4. The number of ether oxygens (including phenoxy) is 1. The number of halogens is 1. The number of amides is 1. The SMILES string of the molecule is COCc1c(-c2cc(-c3ccc(C(=O)NCCCC(=O)O)c(F)c3)no2)ccc(-c2ccccc2)c1C. The minimum atomic E-state index is -0.951. The van der Waals surface area contributed by atoms with Gasteiger partial charge in [-0.3, -0.25) is 9.59 Å². The number of carboxylic acid groups (broad SMARTS) is 1. The van der Waals surface area contributed by atoms with Crippen LogP contribution < -0.4 is 5.32 Å². The Labute approximate surface area is 213 Å². The molecule has 0 fully saturated rings. The second-order valence-corrected chi connectivity index (χ2v) is 8.59. The van der Waals surface area contributed by atoms with Crippen LogP contribution in [0.5, 0.6) is 0 Å². The Bertz CT molecular complexity index is 1420. The summed E-state index contributed by atoms with van der Waals surface area (Å²) in [4.78, 5) is 22.8. The van der Waals surface area contributed by atoms with E-state index in [-0.39, 0.29) is 24.9 Å². The number of carbonyl (C=O) groups is 2. The highest BCUT2D eigenvalue weighted by Crippen LogP contribution is 2.35. The molecule has 1 aromatic heterocycles. The Morgan fingerprint density at radius 2 is 1.78 bits per heavy atom. The van der Waals surface area contributed by atoms with Crippen LogP contribution in [0, 0.1) is 12.7 Å². The van der Waals surface area contributed by atoms with Crippen LogP contribution in [0.25, 0.3) is 33.7 Å². The third-order valence-corrected chi connectivity index (χ3v) is 6.11. The molecule has 4 aromatic rings. The van der Waals surface area contributed by atoms with Crippen LogP contribution in [-0.4, -0.2) is 35.8 Å². The summed E-state index contributed by atoms with van der Waals surface area (Å²) in [5, 5.41) is 15.3. The lowest BCUT2D eigenvalue weighted by molar-refractivity contribution is -0.137. The first-order chi connectivity index (χ1) is 17.9. The van der Waals surface area contributed by atoms with Gasteiger partial charge in [-0.25, -0.2) is 4.39 Å². The van der Waals surface area contributed by atoms with E-state index in [4.69, 9.17) is 14.4 Å². The van der Waals surface area contributed by atoms with E-state index in [1.165, 1.54) is 12.1 Å². The fourth-order valence-electron chi connectivity index (χ4n) is 4.18. The van der Waals surface area contributed by atoms with E-state index in [9.17, 15) is 14.0 Å². The number of hydrogen-bond acceptors (Lipinski definition) is 5. The number of nitrogens with zero attached hydrogens (tertiary/aromatic N) is 1. The van der Waals surface area contributed by atoms with Crippen LogP contribution in [0.2, 0.25) is 0 Å². The van der Waals surface area contributed by atoms with Gasteiger partial charge in [0, 0.05) is 37.3 Å². The third kappa shape index (κ3) is 5.92. The zero-order valence-corrected chi connectivity index (χ0v) is 20.6. The number of hydrogen-bond donors (Lipinski definition) is 2. The van der Waals surface area contributed by atoms with Crippen molar-refractivity contribution in [2.45, 2.75) is 26.4 Å². The van der Waals surface area contributed by atoms with E-state index in [1.807, 2.05) is 37.3 Å². The predicted octanol–water partition coefficient (Wildman–Crippen LogP) is 5.86. The lowest BCUT2D eigenvalue weighted by Crippen LogP contribution is -2.25. The number of benzene rings is 3. The largest absolute Gasteiger partial charge is 0.481 e. The van der Waals surface area contributed by atoms with Crippen molar-refractivity contribution in [1.82, 2.24) is 10.5 Å². The molecule has 2 N–H and O–H groups in total.